The highest BCUT2D eigenvalue weighted by Gasteiger charge is 2.09. The van der Waals surface area contributed by atoms with Crippen LogP contribution >= 0.6 is 0 Å². The zero-order valence-corrected chi connectivity index (χ0v) is 12.7. The molecule has 1 amide bonds. The summed E-state index contributed by atoms with van der Waals surface area (Å²) in [6.07, 6.45) is 2.16. The summed E-state index contributed by atoms with van der Waals surface area (Å²) in [4.78, 5) is 23.2. The first-order valence-corrected chi connectivity index (χ1v) is 7.04. The van der Waals surface area contributed by atoms with E-state index in [9.17, 15) is 9.59 Å². The van der Waals surface area contributed by atoms with Gasteiger partial charge in [-0.15, -0.1) is 0 Å². The molecule has 2 N–H and O–H groups in total. The molecule has 0 heterocycles. The Morgan fingerprint density at radius 2 is 1.95 bits per heavy atom. The van der Waals surface area contributed by atoms with E-state index in [0.29, 0.717) is 17.8 Å². The second kappa shape index (κ2) is 9.19. The van der Waals surface area contributed by atoms with E-state index in [0.717, 1.165) is 6.42 Å². The van der Waals surface area contributed by atoms with Gasteiger partial charge >= 0.3 is 5.97 Å². The SMILES string of the molecule is CCCNC(=O)c1ccc(N/C=C(/C#N)C(=O)OCC)cc1. The first-order valence-electron chi connectivity index (χ1n) is 7.04. The molecular weight excluding hydrogens is 282 g/mol. The van der Waals surface area contributed by atoms with E-state index in [4.69, 9.17) is 10.00 Å². The van der Waals surface area contributed by atoms with Crippen molar-refractivity contribution in [3.8, 4) is 6.07 Å². The Labute approximate surface area is 129 Å². The number of esters is 1. The van der Waals surface area contributed by atoms with Crippen LogP contribution in [0.3, 0.4) is 0 Å². The van der Waals surface area contributed by atoms with Crippen LogP contribution in [0.25, 0.3) is 0 Å². The Hall–Kier alpha value is -2.81. The lowest BCUT2D eigenvalue weighted by Crippen LogP contribution is -2.23. The third kappa shape index (κ3) is 5.29. The number of anilines is 1. The van der Waals surface area contributed by atoms with Gasteiger partial charge in [0.2, 0.25) is 0 Å². The van der Waals surface area contributed by atoms with Crippen molar-refractivity contribution in [2.45, 2.75) is 20.3 Å². The van der Waals surface area contributed by atoms with E-state index >= 15 is 0 Å². The van der Waals surface area contributed by atoms with Crippen molar-refractivity contribution >= 4 is 17.6 Å². The first kappa shape index (κ1) is 17.2. The normalized spacial score (nSPS) is 10.5. The number of hydrogen-bond acceptors (Lipinski definition) is 5. The van der Waals surface area contributed by atoms with Gasteiger partial charge in [-0.25, -0.2) is 4.79 Å². The van der Waals surface area contributed by atoms with Gasteiger partial charge in [0.15, 0.2) is 5.57 Å². The number of nitriles is 1. The lowest BCUT2D eigenvalue weighted by Gasteiger charge is -2.05. The molecule has 0 aromatic heterocycles. The van der Waals surface area contributed by atoms with Gasteiger partial charge in [-0.05, 0) is 37.6 Å². The van der Waals surface area contributed by atoms with Gasteiger partial charge in [0, 0.05) is 24.0 Å². The highest BCUT2D eigenvalue weighted by molar-refractivity contribution is 5.95. The van der Waals surface area contributed by atoms with E-state index < -0.39 is 5.97 Å². The summed E-state index contributed by atoms with van der Waals surface area (Å²) in [7, 11) is 0. The summed E-state index contributed by atoms with van der Waals surface area (Å²) >= 11 is 0. The van der Waals surface area contributed by atoms with Crippen LogP contribution in [-0.4, -0.2) is 25.0 Å². The number of benzene rings is 1. The van der Waals surface area contributed by atoms with E-state index in [-0.39, 0.29) is 18.1 Å². The van der Waals surface area contributed by atoms with Gasteiger partial charge in [0.1, 0.15) is 6.07 Å². The molecule has 0 aliphatic rings. The van der Waals surface area contributed by atoms with E-state index in [1.807, 2.05) is 6.92 Å². The molecule has 1 aromatic carbocycles. The largest absolute Gasteiger partial charge is 0.462 e. The highest BCUT2D eigenvalue weighted by atomic mass is 16.5. The van der Waals surface area contributed by atoms with Crippen LogP contribution < -0.4 is 10.6 Å². The molecule has 0 aliphatic carbocycles. The molecule has 6 nitrogen and oxygen atoms in total. The zero-order valence-electron chi connectivity index (χ0n) is 12.7. The molecule has 22 heavy (non-hydrogen) atoms. The van der Waals surface area contributed by atoms with Gasteiger partial charge in [-0.2, -0.15) is 5.26 Å². The van der Waals surface area contributed by atoms with Crippen molar-refractivity contribution in [3.05, 3.63) is 41.6 Å². The van der Waals surface area contributed by atoms with Crippen LogP contribution in [0, 0.1) is 11.3 Å². The molecule has 0 saturated carbocycles. The second-order valence-electron chi connectivity index (χ2n) is 4.37. The van der Waals surface area contributed by atoms with E-state index in [1.165, 1.54) is 6.20 Å². The highest BCUT2D eigenvalue weighted by Crippen LogP contribution is 2.10. The van der Waals surface area contributed by atoms with Gasteiger partial charge < -0.3 is 15.4 Å². The molecule has 0 atom stereocenters. The summed E-state index contributed by atoms with van der Waals surface area (Å²) in [6, 6.07) is 8.48. The Bertz CT molecular complexity index is 586. The molecule has 0 spiro atoms. The van der Waals surface area contributed by atoms with Crippen LogP contribution in [-0.2, 0) is 9.53 Å². The van der Waals surface area contributed by atoms with Gasteiger partial charge in [0.25, 0.3) is 5.91 Å². The molecule has 0 radical (unpaired) electrons. The van der Waals surface area contributed by atoms with Crippen molar-refractivity contribution in [3.63, 3.8) is 0 Å². The molecular formula is C16H19N3O3. The minimum atomic E-state index is -0.673. The van der Waals surface area contributed by atoms with Crippen molar-refractivity contribution in [2.75, 3.05) is 18.5 Å². The quantitative estimate of drug-likeness (QED) is 0.458. The maximum Gasteiger partial charge on any atom is 0.350 e. The molecule has 0 unspecified atom stereocenters. The fourth-order valence-electron chi connectivity index (χ4n) is 1.56. The fourth-order valence-corrected chi connectivity index (χ4v) is 1.56. The third-order valence-corrected chi connectivity index (χ3v) is 2.68. The Morgan fingerprint density at radius 1 is 1.27 bits per heavy atom. The lowest BCUT2D eigenvalue weighted by molar-refractivity contribution is -0.138. The monoisotopic (exact) mass is 301 g/mol. The Balaban J connectivity index is 2.69. The molecule has 0 fully saturated rings. The van der Waals surface area contributed by atoms with Crippen LogP contribution in [0.1, 0.15) is 30.6 Å². The Kier molecular flexibility index (Phi) is 7.20. The summed E-state index contributed by atoms with van der Waals surface area (Å²) in [6.45, 7) is 4.49. The molecule has 116 valence electrons. The van der Waals surface area contributed by atoms with E-state index in [1.54, 1.807) is 37.3 Å². The standard InChI is InChI=1S/C16H19N3O3/c1-3-9-18-15(20)12-5-7-14(8-6-12)19-11-13(10-17)16(21)22-4-2/h5-8,11,19H,3-4,9H2,1-2H3,(H,18,20)/b13-11-. The van der Waals surface area contributed by atoms with Crippen molar-refractivity contribution in [1.82, 2.24) is 5.32 Å². The zero-order chi connectivity index (χ0) is 16.4. The summed E-state index contributed by atoms with van der Waals surface area (Å²) in [5.74, 6) is -0.804. The number of amides is 1. The van der Waals surface area contributed by atoms with Gasteiger partial charge in [-0.1, -0.05) is 6.92 Å². The molecule has 0 bridgehead atoms. The average molecular weight is 301 g/mol. The fraction of sp³-hybridized carbons (Fsp3) is 0.312. The van der Waals surface area contributed by atoms with Gasteiger partial charge in [0.05, 0.1) is 6.61 Å². The predicted octanol–water partition coefficient (Wildman–Crippen LogP) is 2.21. The number of carbonyl (C=O) groups is 2. The number of nitrogens with zero attached hydrogens (tertiary/aromatic N) is 1. The summed E-state index contributed by atoms with van der Waals surface area (Å²) in [5.41, 5.74) is 1.09. The molecule has 0 saturated heterocycles. The van der Waals surface area contributed by atoms with E-state index in [2.05, 4.69) is 10.6 Å². The maximum atomic E-state index is 11.7. The molecule has 0 aliphatic heterocycles. The smallest absolute Gasteiger partial charge is 0.350 e. The third-order valence-electron chi connectivity index (χ3n) is 2.68. The number of rotatable bonds is 7. The minimum Gasteiger partial charge on any atom is -0.462 e. The van der Waals surface area contributed by atoms with Crippen LogP contribution in [0.2, 0.25) is 0 Å². The van der Waals surface area contributed by atoms with Crippen LogP contribution in [0.15, 0.2) is 36.0 Å². The Morgan fingerprint density at radius 3 is 2.50 bits per heavy atom. The van der Waals surface area contributed by atoms with Crippen LogP contribution in [0.5, 0.6) is 0 Å². The first-order chi connectivity index (χ1) is 10.6. The summed E-state index contributed by atoms with van der Waals surface area (Å²) in [5, 5.41) is 14.5. The van der Waals surface area contributed by atoms with Crippen molar-refractivity contribution in [2.24, 2.45) is 0 Å². The molecule has 6 heteroatoms. The summed E-state index contributed by atoms with van der Waals surface area (Å²) < 4.78 is 4.75. The van der Waals surface area contributed by atoms with Gasteiger partial charge in [-0.3, -0.25) is 4.79 Å². The minimum absolute atomic E-state index is 0.119. The predicted molar refractivity (Wildman–Crippen MR) is 83.0 cm³/mol. The lowest BCUT2D eigenvalue weighted by atomic mass is 10.2. The molecule has 1 aromatic rings. The number of carbonyl (C=O) groups excluding carboxylic acids is 2. The molecule has 1 rings (SSSR count). The number of ether oxygens (including phenoxy) is 1. The average Bonchev–Trinajstić information content (AvgIpc) is 2.54. The van der Waals surface area contributed by atoms with Crippen molar-refractivity contribution < 1.29 is 14.3 Å². The second-order valence-corrected chi connectivity index (χ2v) is 4.37. The van der Waals surface area contributed by atoms with Crippen molar-refractivity contribution in [1.29, 1.82) is 5.26 Å². The maximum absolute atomic E-state index is 11.7. The number of nitrogens with one attached hydrogen (secondary N) is 2. The number of hydrogen-bond donors (Lipinski definition) is 2. The topological polar surface area (TPSA) is 91.2 Å². The van der Waals surface area contributed by atoms with Crippen LogP contribution in [0.4, 0.5) is 5.69 Å².